The summed E-state index contributed by atoms with van der Waals surface area (Å²) in [5.74, 6) is 1.55. The number of phenolic OH excluding ortho intramolecular Hbond substituents is 1. The minimum Gasteiger partial charge on any atom is -0.504 e. The molecule has 0 amide bonds. The van der Waals surface area contributed by atoms with Gasteiger partial charge in [-0.25, -0.2) is 9.97 Å². The second-order valence-corrected chi connectivity index (χ2v) is 11.5. The molecule has 10 nitrogen and oxygen atoms in total. The predicted molar refractivity (Wildman–Crippen MR) is 189 cm³/mol. The molecule has 2 aromatic rings. The topological polar surface area (TPSA) is 139 Å². The molecule has 1 unspecified atom stereocenters. The summed E-state index contributed by atoms with van der Waals surface area (Å²) in [6, 6.07) is 7.88. The van der Waals surface area contributed by atoms with E-state index in [1.807, 2.05) is 18.2 Å². The van der Waals surface area contributed by atoms with E-state index in [1.54, 1.807) is 20.3 Å². The van der Waals surface area contributed by atoms with Crippen LogP contribution in [-0.2, 0) is 17.7 Å². The Morgan fingerprint density at radius 3 is 2.20 bits per heavy atom. The number of aryl methyl sites for hydroxylation is 1. The Kier molecular flexibility index (Phi) is 25.4. The van der Waals surface area contributed by atoms with Crippen molar-refractivity contribution in [2.75, 3.05) is 65.4 Å². The Morgan fingerprint density at radius 1 is 0.844 bits per heavy atom. The van der Waals surface area contributed by atoms with Crippen LogP contribution in [0.1, 0.15) is 89.3 Å². The Balaban J connectivity index is 0.000000454. The molecule has 45 heavy (non-hydrogen) atoms. The number of ether oxygens (including phenoxy) is 2. The van der Waals surface area contributed by atoms with Gasteiger partial charge < -0.3 is 41.6 Å². The highest BCUT2D eigenvalue weighted by Gasteiger charge is 2.09. The van der Waals surface area contributed by atoms with E-state index in [9.17, 15) is 5.11 Å². The van der Waals surface area contributed by atoms with Gasteiger partial charge in [-0.1, -0.05) is 39.2 Å². The number of benzene rings is 1. The van der Waals surface area contributed by atoms with Crippen LogP contribution >= 0.6 is 11.6 Å². The summed E-state index contributed by atoms with van der Waals surface area (Å²) in [4.78, 5) is 8.46. The molecule has 1 atom stereocenters. The lowest BCUT2D eigenvalue weighted by Gasteiger charge is -2.18. The Labute approximate surface area is 278 Å². The van der Waals surface area contributed by atoms with Gasteiger partial charge in [0.25, 0.3) is 0 Å². The summed E-state index contributed by atoms with van der Waals surface area (Å²) < 4.78 is 10.2. The predicted octanol–water partition coefficient (Wildman–Crippen LogP) is 5.67. The number of hydrogen-bond acceptors (Lipinski definition) is 10. The zero-order chi connectivity index (χ0) is 33.0. The maximum absolute atomic E-state index is 9.56. The van der Waals surface area contributed by atoms with Gasteiger partial charge in [-0.2, -0.15) is 0 Å². The number of nitrogens with two attached hydrogens (primary N) is 1. The van der Waals surface area contributed by atoms with Gasteiger partial charge in [-0.05, 0) is 120 Å². The standard InChI is InChI=1S/C18H34N4O2.C16H28ClN3O/c1-24-18-14-16(6-7-17(18)23)15-22-13-5-12-21-10-3-2-9-20-11-4-8-19;1-4-13(10-8-6-7-9-11-21-3)18-15-12-14(5-2)19-16(17)20-15/h6-7,14,20-23H,2-5,8-13,15,19H2,1H3;12-13H,4-11H2,1-3H3,(H,18,19,20). The van der Waals surface area contributed by atoms with E-state index in [4.69, 9.17) is 26.8 Å². The van der Waals surface area contributed by atoms with Crippen molar-refractivity contribution >= 4 is 17.4 Å². The molecule has 0 aliphatic heterocycles. The van der Waals surface area contributed by atoms with Crippen molar-refractivity contribution in [3.63, 3.8) is 0 Å². The number of phenols is 1. The van der Waals surface area contributed by atoms with Crippen molar-refractivity contribution in [3.8, 4) is 11.5 Å². The summed E-state index contributed by atoms with van der Waals surface area (Å²) in [7, 11) is 3.32. The first-order chi connectivity index (χ1) is 22.0. The molecule has 1 heterocycles. The minimum absolute atomic E-state index is 0.181. The fourth-order valence-corrected chi connectivity index (χ4v) is 4.88. The quantitative estimate of drug-likeness (QED) is 0.0557. The number of nitrogens with zero attached hydrogens (tertiary/aromatic N) is 2. The number of aromatic hydroxyl groups is 1. The van der Waals surface area contributed by atoms with Gasteiger partial charge in [0.05, 0.1) is 7.11 Å². The molecule has 0 bridgehead atoms. The van der Waals surface area contributed by atoms with Crippen LogP contribution < -0.4 is 31.7 Å². The van der Waals surface area contributed by atoms with Crippen molar-refractivity contribution < 1.29 is 14.6 Å². The van der Waals surface area contributed by atoms with Gasteiger partial charge in [0.15, 0.2) is 11.5 Å². The number of hydrogen-bond donors (Lipinski definition) is 6. The van der Waals surface area contributed by atoms with Gasteiger partial charge in [-0.3, -0.25) is 0 Å². The number of halogens is 1. The maximum atomic E-state index is 9.56. The van der Waals surface area contributed by atoms with Crippen LogP contribution in [0.25, 0.3) is 0 Å². The Bertz CT molecular complexity index is 987. The van der Waals surface area contributed by atoms with Crippen LogP contribution in [-0.4, -0.2) is 81.2 Å². The molecule has 258 valence electrons. The lowest BCUT2D eigenvalue weighted by molar-refractivity contribution is 0.192. The van der Waals surface area contributed by atoms with Crippen LogP contribution in [0.5, 0.6) is 11.5 Å². The van der Waals surface area contributed by atoms with Gasteiger partial charge in [0, 0.05) is 38.1 Å². The molecule has 1 aromatic heterocycles. The normalized spacial score (nSPS) is 11.6. The van der Waals surface area contributed by atoms with Gasteiger partial charge in [0.2, 0.25) is 5.28 Å². The molecular formula is C34H62ClN7O3. The molecule has 0 radical (unpaired) electrons. The highest BCUT2D eigenvalue weighted by molar-refractivity contribution is 6.28. The first kappa shape index (κ1) is 40.8. The molecule has 0 saturated heterocycles. The average molecular weight is 652 g/mol. The fraction of sp³-hybridized carbons (Fsp3) is 0.706. The minimum atomic E-state index is 0.181. The van der Waals surface area contributed by atoms with Gasteiger partial charge in [-0.15, -0.1) is 0 Å². The lowest BCUT2D eigenvalue weighted by Crippen LogP contribution is -2.24. The molecule has 0 aliphatic rings. The van der Waals surface area contributed by atoms with E-state index < -0.39 is 0 Å². The van der Waals surface area contributed by atoms with Crippen LogP contribution in [0.2, 0.25) is 5.28 Å². The molecule has 0 aliphatic carbocycles. The Hall–Kier alpha value is -2.21. The van der Waals surface area contributed by atoms with Crippen molar-refractivity contribution in [2.24, 2.45) is 5.73 Å². The first-order valence-corrected chi connectivity index (χ1v) is 17.3. The maximum Gasteiger partial charge on any atom is 0.224 e. The molecule has 0 spiro atoms. The highest BCUT2D eigenvalue weighted by Crippen LogP contribution is 2.26. The van der Waals surface area contributed by atoms with Gasteiger partial charge >= 0.3 is 0 Å². The average Bonchev–Trinajstić information content (AvgIpc) is 3.05. The third-order valence-corrected chi connectivity index (χ3v) is 7.57. The summed E-state index contributed by atoms with van der Waals surface area (Å²) in [5.41, 5.74) is 7.53. The second kappa shape index (κ2) is 28.0. The molecule has 2 rings (SSSR count). The van der Waals surface area contributed by atoms with E-state index in [-0.39, 0.29) is 5.75 Å². The number of unbranched alkanes of at least 4 members (excludes halogenated alkanes) is 4. The molecule has 1 aromatic carbocycles. The molecule has 0 fully saturated rings. The molecule has 7 N–H and O–H groups in total. The second-order valence-electron chi connectivity index (χ2n) is 11.2. The SMILES string of the molecule is CCc1cc(NC(CC)CCCCCCOC)nc(Cl)n1.COc1cc(CNCCCNCCCCNCCCN)ccc1O. The monoisotopic (exact) mass is 651 g/mol. The smallest absolute Gasteiger partial charge is 0.224 e. The number of methoxy groups -OCH3 is 2. The number of nitrogens with one attached hydrogen (secondary N) is 4. The van der Waals surface area contributed by atoms with Crippen molar-refractivity contribution in [1.82, 2.24) is 25.9 Å². The number of rotatable bonds is 26. The molecule has 11 heteroatoms. The van der Waals surface area contributed by atoms with Crippen LogP contribution in [0, 0.1) is 0 Å². The van der Waals surface area contributed by atoms with Gasteiger partial charge in [0.1, 0.15) is 5.82 Å². The third-order valence-electron chi connectivity index (χ3n) is 7.41. The van der Waals surface area contributed by atoms with Crippen LogP contribution in [0.3, 0.4) is 0 Å². The number of aromatic nitrogens is 2. The van der Waals surface area contributed by atoms with Crippen LogP contribution in [0.15, 0.2) is 24.3 Å². The van der Waals surface area contributed by atoms with Crippen LogP contribution in [0.4, 0.5) is 5.82 Å². The van der Waals surface area contributed by atoms with E-state index in [0.29, 0.717) is 17.1 Å². The zero-order valence-electron chi connectivity index (χ0n) is 28.4. The van der Waals surface area contributed by atoms with E-state index in [2.05, 4.69) is 45.1 Å². The summed E-state index contributed by atoms with van der Waals surface area (Å²) in [6.07, 6.45) is 12.6. The summed E-state index contributed by atoms with van der Waals surface area (Å²) in [6.45, 7) is 11.9. The van der Waals surface area contributed by atoms with Crippen molar-refractivity contribution in [2.45, 2.75) is 97.1 Å². The molecular weight excluding hydrogens is 590 g/mol. The fourth-order valence-electron chi connectivity index (χ4n) is 4.68. The largest absolute Gasteiger partial charge is 0.504 e. The van der Waals surface area contributed by atoms with Crippen molar-refractivity contribution in [3.05, 3.63) is 40.8 Å². The van der Waals surface area contributed by atoms with E-state index in [0.717, 1.165) is 108 Å². The lowest BCUT2D eigenvalue weighted by atomic mass is 10.1. The summed E-state index contributed by atoms with van der Waals surface area (Å²) in [5, 5.41) is 23.6. The Morgan fingerprint density at radius 2 is 1.53 bits per heavy atom. The van der Waals surface area contributed by atoms with E-state index >= 15 is 0 Å². The highest BCUT2D eigenvalue weighted by atomic mass is 35.5. The zero-order valence-corrected chi connectivity index (χ0v) is 29.2. The summed E-state index contributed by atoms with van der Waals surface area (Å²) >= 11 is 5.96. The first-order valence-electron chi connectivity index (χ1n) is 16.9. The third kappa shape index (κ3) is 21.3. The molecule has 0 saturated carbocycles. The van der Waals surface area contributed by atoms with E-state index in [1.165, 1.54) is 32.1 Å². The van der Waals surface area contributed by atoms with Crippen molar-refractivity contribution in [1.29, 1.82) is 0 Å². The number of anilines is 1.